The number of carbonyl (C=O) groups excluding carboxylic acids is 1. The largest absolute Gasteiger partial charge is 0.390 e. The van der Waals surface area contributed by atoms with Crippen LogP contribution in [0.4, 0.5) is 13.8 Å². The van der Waals surface area contributed by atoms with Crippen LogP contribution < -0.4 is 5.73 Å². The van der Waals surface area contributed by atoms with Gasteiger partial charge in [0, 0.05) is 0 Å². The first-order valence-electron chi connectivity index (χ1n) is 4.43. The van der Waals surface area contributed by atoms with Crippen LogP contribution in [0.15, 0.2) is 29.6 Å². The molecule has 0 atom stereocenters. The predicted molar refractivity (Wildman–Crippen MR) is 58.5 cm³/mol. The Labute approximate surface area is 94.3 Å². The number of hydrogen-bond acceptors (Lipinski definition) is 3. The Morgan fingerprint density at radius 3 is 2.31 bits per heavy atom. The van der Waals surface area contributed by atoms with Gasteiger partial charge in [0.2, 0.25) is 5.78 Å². The lowest BCUT2D eigenvalue weighted by atomic mass is 10.0. The zero-order valence-electron chi connectivity index (χ0n) is 8.04. The van der Waals surface area contributed by atoms with Crippen LogP contribution >= 0.6 is 11.3 Å². The van der Waals surface area contributed by atoms with Crippen LogP contribution in [-0.2, 0) is 0 Å². The minimum Gasteiger partial charge on any atom is -0.390 e. The van der Waals surface area contributed by atoms with Crippen molar-refractivity contribution in [1.82, 2.24) is 0 Å². The van der Waals surface area contributed by atoms with Crippen molar-refractivity contribution in [3.63, 3.8) is 0 Å². The van der Waals surface area contributed by atoms with Gasteiger partial charge in [0.25, 0.3) is 0 Å². The molecule has 2 nitrogen and oxygen atoms in total. The summed E-state index contributed by atoms with van der Waals surface area (Å²) in [6.07, 6.45) is 0. The molecule has 0 saturated heterocycles. The average Bonchev–Trinajstić information content (AvgIpc) is 2.64. The third-order valence-corrected chi connectivity index (χ3v) is 2.88. The molecule has 0 bridgehead atoms. The summed E-state index contributed by atoms with van der Waals surface area (Å²) in [6, 6.07) is 4.74. The van der Waals surface area contributed by atoms with Crippen LogP contribution in [0.25, 0.3) is 0 Å². The van der Waals surface area contributed by atoms with E-state index in [1.807, 2.05) is 0 Å². The van der Waals surface area contributed by atoms with Crippen molar-refractivity contribution >= 4 is 22.1 Å². The highest BCUT2D eigenvalue weighted by molar-refractivity contribution is 7.14. The lowest BCUT2D eigenvalue weighted by Gasteiger charge is -2.03. The second-order valence-corrected chi connectivity index (χ2v) is 4.07. The Hall–Kier alpha value is -1.75. The number of carbonyl (C=O) groups is 1. The Bertz CT molecular complexity index is 530. The first-order valence-corrected chi connectivity index (χ1v) is 5.31. The molecule has 0 aliphatic rings. The van der Waals surface area contributed by atoms with Crippen LogP contribution in [0, 0.1) is 11.6 Å². The van der Waals surface area contributed by atoms with Crippen LogP contribution in [0.2, 0.25) is 0 Å². The van der Waals surface area contributed by atoms with Gasteiger partial charge in [0.15, 0.2) is 0 Å². The van der Waals surface area contributed by atoms with Crippen LogP contribution in [0.1, 0.15) is 15.9 Å². The maximum Gasteiger partial charge on any atom is 0.201 e. The van der Waals surface area contributed by atoms with E-state index < -0.39 is 23.0 Å². The lowest BCUT2D eigenvalue weighted by Crippen LogP contribution is -2.08. The molecule has 5 heteroatoms. The predicted octanol–water partition coefficient (Wildman–Crippen LogP) is 2.84. The fourth-order valence-corrected chi connectivity index (χ4v) is 2.00. The molecule has 1 aromatic heterocycles. The number of rotatable bonds is 2. The zero-order valence-corrected chi connectivity index (χ0v) is 8.85. The number of anilines is 1. The zero-order chi connectivity index (χ0) is 11.7. The minimum atomic E-state index is -0.879. The fourth-order valence-electron chi connectivity index (χ4n) is 1.36. The van der Waals surface area contributed by atoms with E-state index in [1.54, 1.807) is 5.38 Å². The Kier molecular flexibility index (Phi) is 2.70. The van der Waals surface area contributed by atoms with Gasteiger partial charge in [0.1, 0.15) is 11.6 Å². The number of nitrogens with two attached hydrogens (primary N) is 1. The van der Waals surface area contributed by atoms with E-state index in [0.717, 1.165) is 23.5 Å². The number of hydrogen-bond donors (Lipinski definition) is 1. The minimum absolute atomic E-state index is 0.133. The summed E-state index contributed by atoms with van der Waals surface area (Å²) in [5, 5.41) is 1.86. The number of benzene rings is 1. The van der Waals surface area contributed by atoms with Crippen molar-refractivity contribution in [2.75, 3.05) is 5.73 Å². The van der Waals surface area contributed by atoms with Crippen molar-refractivity contribution < 1.29 is 13.6 Å². The highest BCUT2D eigenvalue weighted by atomic mass is 32.1. The average molecular weight is 239 g/mol. The SMILES string of the molecule is Nc1sccc1C(=O)c1c(F)cccc1F. The van der Waals surface area contributed by atoms with Gasteiger partial charge >= 0.3 is 0 Å². The number of nitrogen functional groups attached to an aromatic ring is 1. The molecule has 2 aromatic rings. The van der Waals surface area contributed by atoms with Gasteiger partial charge in [-0.3, -0.25) is 4.79 Å². The molecule has 16 heavy (non-hydrogen) atoms. The second kappa shape index (κ2) is 4.02. The van der Waals surface area contributed by atoms with Crippen molar-refractivity contribution in [2.24, 2.45) is 0 Å². The molecule has 0 amide bonds. The quantitative estimate of drug-likeness (QED) is 0.819. The van der Waals surface area contributed by atoms with E-state index in [1.165, 1.54) is 12.1 Å². The molecule has 0 radical (unpaired) electrons. The number of halogens is 2. The van der Waals surface area contributed by atoms with Crippen molar-refractivity contribution in [3.8, 4) is 0 Å². The smallest absolute Gasteiger partial charge is 0.201 e. The molecule has 0 aliphatic heterocycles. The van der Waals surface area contributed by atoms with E-state index in [2.05, 4.69) is 0 Å². The molecule has 0 saturated carbocycles. The molecular formula is C11H7F2NOS. The van der Waals surface area contributed by atoms with Gasteiger partial charge in [-0.25, -0.2) is 8.78 Å². The summed E-state index contributed by atoms with van der Waals surface area (Å²) in [7, 11) is 0. The Morgan fingerprint density at radius 2 is 1.81 bits per heavy atom. The molecule has 2 N–H and O–H groups in total. The summed E-state index contributed by atoms with van der Waals surface area (Å²) < 4.78 is 26.7. The van der Waals surface area contributed by atoms with E-state index in [4.69, 9.17) is 5.73 Å². The summed E-state index contributed by atoms with van der Waals surface area (Å²) in [4.78, 5) is 11.8. The molecule has 0 unspecified atom stereocenters. The number of thiophene rings is 1. The van der Waals surface area contributed by atoms with Crippen LogP contribution in [0.3, 0.4) is 0 Å². The van der Waals surface area contributed by atoms with Gasteiger partial charge in [-0.05, 0) is 23.6 Å². The van der Waals surface area contributed by atoms with Gasteiger partial charge in [-0.1, -0.05) is 6.07 Å². The number of ketones is 1. The van der Waals surface area contributed by atoms with Crippen molar-refractivity contribution in [1.29, 1.82) is 0 Å². The maximum absolute atomic E-state index is 13.3. The van der Waals surface area contributed by atoms with Crippen molar-refractivity contribution in [3.05, 3.63) is 52.4 Å². The molecule has 0 aliphatic carbocycles. The molecule has 2 rings (SSSR count). The molecule has 1 heterocycles. The second-order valence-electron chi connectivity index (χ2n) is 3.12. The molecule has 82 valence electrons. The molecular weight excluding hydrogens is 232 g/mol. The first-order chi connectivity index (χ1) is 7.61. The normalized spacial score (nSPS) is 10.4. The van der Waals surface area contributed by atoms with Crippen molar-refractivity contribution in [2.45, 2.75) is 0 Å². The Morgan fingerprint density at radius 1 is 1.19 bits per heavy atom. The van der Waals surface area contributed by atoms with Crippen LogP contribution in [-0.4, -0.2) is 5.78 Å². The van der Waals surface area contributed by atoms with Gasteiger partial charge in [-0.2, -0.15) is 0 Å². The molecule has 0 fully saturated rings. The first kappa shape index (κ1) is 10.8. The highest BCUT2D eigenvalue weighted by Gasteiger charge is 2.20. The third kappa shape index (κ3) is 1.69. The summed E-state index contributed by atoms with van der Waals surface area (Å²) in [5.74, 6) is -2.49. The third-order valence-electron chi connectivity index (χ3n) is 2.13. The van der Waals surface area contributed by atoms with Gasteiger partial charge in [-0.15, -0.1) is 11.3 Å². The van der Waals surface area contributed by atoms with Gasteiger partial charge in [0.05, 0.1) is 16.1 Å². The van der Waals surface area contributed by atoms with Crippen LogP contribution in [0.5, 0.6) is 0 Å². The summed E-state index contributed by atoms with van der Waals surface area (Å²) in [5.41, 5.74) is 5.10. The lowest BCUT2D eigenvalue weighted by molar-refractivity contribution is 0.103. The topological polar surface area (TPSA) is 43.1 Å². The standard InChI is InChI=1S/C11H7F2NOS/c12-7-2-1-3-8(13)9(7)10(15)6-4-5-16-11(6)14/h1-5H,14H2. The van der Waals surface area contributed by atoms with E-state index in [-0.39, 0.29) is 10.6 Å². The van der Waals surface area contributed by atoms with E-state index in [0.29, 0.717) is 0 Å². The summed E-state index contributed by atoms with van der Waals surface area (Å²) in [6.45, 7) is 0. The maximum atomic E-state index is 13.3. The van der Waals surface area contributed by atoms with Gasteiger partial charge < -0.3 is 5.73 Å². The fraction of sp³-hybridized carbons (Fsp3) is 0. The Balaban J connectivity index is 2.54. The summed E-state index contributed by atoms with van der Waals surface area (Å²) >= 11 is 1.15. The van der Waals surface area contributed by atoms with E-state index >= 15 is 0 Å². The van der Waals surface area contributed by atoms with E-state index in [9.17, 15) is 13.6 Å². The molecule has 1 aromatic carbocycles. The molecule has 0 spiro atoms. The monoisotopic (exact) mass is 239 g/mol. The highest BCUT2D eigenvalue weighted by Crippen LogP contribution is 2.24.